The molecule has 0 saturated heterocycles. The van der Waals surface area contributed by atoms with E-state index in [1.54, 1.807) is 0 Å². The Kier molecular flexibility index (Phi) is 3.72. The second kappa shape index (κ2) is 4.64. The molecule has 15 heavy (non-hydrogen) atoms. The fraction of sp³-hybridized carbons (Fsp3) is 0.273. The van der Waals surface area contributed by atoms with Crippen molar-refractivity contribution in [3.05, 3.63) is 40.7 Å². The van der Waals surface area contributed by atoms with Crippen molar-refractivity contribution in [2.75, 3.05) is 0 Å². The first-order chi connectivity index (χ1) is 6.93. The number of halogens is 2. The van der Waals surface area contributed by atoms with Gasteiger partial charge in [-0.25, -0.2) is 4.39 Å². The minimum absolute atomic E-state index is 0.236. The van der Waals surface area contributed by atoms with Crippen LogP contribution < -0.4 is 5.73 Å². The number of hydrogen-bond donors (Lipinski definition) is 2. The van der Waals surface area contributed by atoms with E-state index >= 15 is 0 Å². The molecule has 3 N–H and O–H groups in total. The zero-order valence-electron chi connectivity index (χ0n) is 8.43. The topological polar surface area (TPSA) is 46.2 Å². The van der Waals surface area contributed by atoms with Crippen LogP contribution in [0.4, 0.5) is 4.39 Å². The van der Waals surface area contributed by atoms with Crippen LogP contribution in [0, 0.1) is 5.82 Å². The lowest BCUT2D eigenvalue weighted by Gasteiger charge is -2.15. The fourth-order valence-electron chi connectivity index (χ4n) is 1.39. The number of aromatic hydroxyl groups is 1. The van der Waals surface area contributed by atoms with Gasteiger partial charge in [0.1, 0.15) is 0 Å². The summed E-state index contributed by atoms with van der Waals surface area (Å²) in [5, 5.41) is 9.76. The summed E-state index contributed by atoms with van der Waals surface area (Å²) in [6.07, 6.45) is 0.455. The molecule has 0 aliphatic rings. The Morgan fingerprint density at radius 3 is 2.80 bits per heavy atom. The number of hydrogen-bond acceptors (Lipinski definition) is 2. The SMILES string of the molecule is C=C(C)C[C@H](N)c1c(Cl)ccc(F)c1O. The van der Waals surface area contributed by atoms with Crippen LogP contribution in [0.3, 0.4) is 0 Å². The van der Waals surface area contributed by atoms with E-state index < -0.39 is 17.6 Å². The summed E-state index contributed by atoms with van der Waals surface area (Å²) < 4.78 is 13.1. The van der Waals surface area contributed by atoms with Gasteiger partial charge in [-0.3, -0.25) is 0 Å². The van der Waals surface area contributed by atoms with Gasteiger partial charge in [-0.05, 0) is 25.5 Å². The maximum atomic E-state index is 13.1. The predicted molar refractivity (Wildman–Crippen MR) is 59.4 cm³/mol. The third-order valence-corrected chi connectivity index (χ3v) is 2.38. The van der Waals surface area contributed by atoms with Gasteiger partial charge in [0.2, 0.25) is 0 Å². The molecule has 0 aliphatic carbocycles. The molecule has 0 radical (unpaired) electrons. The van der Waals surface area contributed by atoms with Crippen molar-refractivity contribution in [3.63, 3.8) is 0 Å². The summed E-state index contributed by atoms with van der Waals surface area (Å²) in [7, 11) is 0. The molecule has 0 unspecified atom stereocenters. The maximum Gasteiger partial charge on any atom is 0.165 e. The van der Waals surface area contributed by atoms with Gasteiger partial charge in [-0.15, -0.1) is 6.58 Å². The molecule has 1 rings (SSSR count). The first-order valence-electron chi connectivity index (χ1n) is 4.50. The molecule has 0 bridgehead atoms. The van der Waals surface area contributed by atoms with Crippen LogP contribution >= 0.6 is 11.6 Å². The molecule has 2 nitrogen and oxygen atoms in total. The third-order valence-electron chi connectivity index (χ3n) is 2.05. The van der Waals surface area contributed by atoms with Crippen molar-refractivity contribution in [1.29, 1.82) is 0 Å². The Hall–Kier alpha value is -1.06. The molecule has 1 aromatic rings. The highest BCUT2D eigenvalue weighted by Crippen LogP contribution is 2.34. The Labute approximate surface area is 93.2 Å². The smallest absolute Gasteiger partial charge is 0.165 e. The van der Waals surface area contributed by atoms with E-state index in [2.05, 4.69) is 6.58 Å². The normalized spacial score (nSPS) is 12.5. The number of phenols is 1. The molecule has 0 amide bonds. The summed E-state index contributed by atoms with van der Waals surface area (Å²) in [6.45, 7) is 5.51. The van der Waals surface area contributed by atoms with Crippen molar-refractivity contribution in [2.45, 2.75) is 19.4 Å². The molecule has 0 spiro atoms. The molecule has 82 valence electrons. The summed E-state index contributed by atoms with van der Waals surface area (Å²) in [6, 6.07) is 1.95. The van der Waals surface area contributed by atoms with Crippen molar-refractivity contribution in [2.24, 2.45) is 5.73 Å². The third kappa shape index (κ3) is 2.70. The van der Waals surface area contributed by atoms with Crippen molar-refractivity contribution < 1.29 is 9.50 Å². The molecule has 4 heteroatoms. The Morgan fingerprint density at radius 2 is 2.27 bits per heavy atom. The number of phenolic OH excluding ortho intramolecular Hbond substituents is 1. The summed E-state index contributed by atoms with van der Waals surface area (Å²) in [5.41, 5.74) is 6.88. The maximum absolute atomic E-state index is 13.1. The minimum Gasteiger partial charge on any atom is -0.505 e. The van der Waals surface area contributed by atoms with E-state index in [0.29, 0.717) is 6.42 Å². The highest BCUT2D eigenvalue weighted by molar-refractivity contribution is 6.31. The predicted octanol–water partition coefficient (Wildman–Crippen LogP) is 3.15. The van der Waals surface area contributed by atoms with Gasteiger partial charge >= 0.3 is 0 Å². The van der Waals surface area contributed by atoms with Gasteiger partial charge in [0, 0.05) is 16.6 Å². The largest absolute Gasteiger partial charge is 0.505 e. The van der Waals surface area contributed by atoms with Gasteiger partial charge in [0.05, 0.1) is 0 Å². The van der Waals surface area contributed by atoms with E-state index in [1.165, 1.54) is 6.07 Å². The van der Waals surface area contributed by atoms with Crippen molar-refractivity contribution >= 4 is 11.6 Å². The standard InChI is InChI=1S/C11H13ClFNO/c1-6(2)5-9(14)10-7(12)3-4-8(13)11(10)15/h3-4,9,15H,1,5,14H2,2H3/t9-/m0/s1. The zero-order valence-corrected chi connectivity index (χ0v) is 9.18. The molecule has 1 aromatic carbocycles. The average Bonchev–Trinajstić information content (AvgIpc) is 2.11. The van der Waals surface area contributed by atoms with E-state index in [9.17, 15) is 9.50 Å². The molecule has 0 aromatic heterocycles. The summed E-state index contributed by atoms with van der Waals surface area (Å²) in [5.74, 6) is -1.19. The quantitative estimate of drug-likeness (QED) is 0.783. The first kappa shape index (κ1) is 12.0. The zero-order chi connectivity index (χ0) is 11.6. The van der Waals surface area contributed by atoms with Gasteiger partial charge in [0.25, 0.3) is 0 Å². The fourth-order valence-corrected chi connectivity index (χ4v) is 1.68. The van der Waals surface area contributed by atoms with Crippen molar-refractivity contribution in [3.8, 4) is 5.75 Å². The Morgan fingerprint density at radius 1 is 1.67 bits per heavy atom. The van der Waals surface area contributed by atoms with Gasteiger partial charge in [-0.2, -0.15) is 0 Å². The lowest BCUT2D eigenvalue weighted by molar-refractivity contribution is 0.420. The number of benzene rings is 1. The molecule has 1 atom stereocenters. The second-order valence-corrected chi connectivity index (χ2v) is 3.97. The molecule has 0 saturated carbocycles. The second-order valence-electron chi connectivity index (χ2n) is 3.56. The minimum atomic E-state index is -0.716. The van der Waals surface area contributed by atoms with Crippen LogP contribution in [-0.2, 0) is 0 Å². The molecule has 0 fully saturated rings. The van der Waals surface area contributed by atoms with Crippen LogP contribution in [0.15, 0.2) is 24.3 Å². The lowest BCUT2D eigenvalue weighted by Crippen LogP contribution is -2.11. The summed E-state index contributed by atoms with van der Waals surface area (Å²) in [4.78, 5) is 0. The molecule has 0 aliphatic heterocycles. The lowest BCUT2D eigenvalue weighted by atomic mass is 10.00. The highest BCUT2D eigenvalue weighted by atomic mass is 35.5. The van der Waals surface area contributed by atoms with Crippen LogP contribution in [0.5, 0.6) is 5.75 Å². The van der Waals surface area contributed by atoms with E-state index in [-0.39, 0.29) is 10.6 Å². The number of nitrogens with two attached hydrogens (primary N) is 1. The number of rotatable bonds is 3. The molecule has 0 heterocycles. The van der Waals surface area contributed by atoms with E-state index in [1.807, 2.05) is 6.92 Å². The van der Waals surface area contributed by atoms with Crippen LogP contribution in [0.2, 0.25) is 5.02 Å². The Balaban J connectivity index is 3.12. The molecular formula is C11H13ClFNO. The van der Waals surface area contributed by atoms with Crippen LogP contribution in [0.1, 0.15) is 24.9 Å². The first-order valence-corrected chi connectivity index (χ1v) is 4.88. The van der Waals surface area contributed by atoms with Crippen LogP contribution in [-0.4, -0.2) is 5.11 Å². The molecular weight excluding hydrogens is 217 g/mol. The Bertz CT molecular complexity index is 392. The average molecular weight is 230 g/mol. The monoisotopic (exact) mass is 229 g/mol. The summed E-state index contributed by atoms with van der Waals surface area (Å²) >= 11 is 5.84. The van der Waals surface area contributed by atoms with Crippen LogP contribution in [0.25, 0.3) is 0 Å². The van der Waals surface area contributed by atoms with Gasteiger partial charge in [-0.1, -0.05) is 17.2 Å². The highest BCUT2D eigenvalue weighted by Gasteiger charge is 2.18. The van der Waals surface area contributed by atoms with Crippen molar-refractivity contribution in [1.82, 2.24) is 0 Å². The van der Waals surface area contributed by atoms with E-state index in [4.69, 9.17) is 17.3 Å². The van der Waals surface area contributed by atoms with E-state index in [0.717, 1.165) is 11.6 Å². The van der Waals surface area contributed by atoms with Gasteiger partial charge in [0.15, 0.2) is 11.6 Å². The van der Waals surface area contributed by atoms with Gasteiger partial charge < -0.3 is 10.8 Å².